The van der Waals surface area contributed by atoms with Gasteiger partial charge in [0, 0.05) is 23.7 Å². The van der Waals surface area contributed by atoms with E-state index in [0.717, 1.165) is 16.6 Å². The molecule has 27 heavy (non-hydrogen) atoms. The number of aromatic nitrogens is 4. The maximum Gasteiger partial charge on any atom is 0.176 e. The zero-order chi connectivity index (χ0) is 18.8. The summed E-state index contributed by atoms with van der Waals surface area (Å²) in [6.07, 6.45) is 3.78. The quantitative estimate of drug-likeness (QED) is 0.605. The lowest BCUT2D eigenvalue weighted by molar-refractivity contribution is 0.608. The second-order valence-electron chi connectivity index (χ2n) is 6.08. The molecule has 0 saturated heterocycles. The monoisotopic (exact) mass is 358 g/mol. The van der Waals surface area contributed by atoms with Crippen molar-refractivity contribution in [3.63, 3.8) is 0 Å². The van der Waals surface area contributed by atoms with Gasteiger partial charge in [0.15, 0.2) is 11.5 Å². The van der Waals surface area contributed by atoms with E-state index in [0.29, 0.717) is 17.8 Å². The molecule has 0 aliphatic heterocycles. The lowest BCUT2D eigenvalue weighted by Gasteiger charge is -2.15. The van der Waals surface area contributed by atoms with Gasteiger partial charge in [-0.3, -0.25) is 4.98 Å². The number of hydrogen-bond donors (Lipinski definition) is 1. The van der Waals surface area contributed by atoms with Crippen molar-refractivity contribution in [2.45, 2.75) is 12.5 Å². The van der Waals surface area contributed by atoms with E-state index in [-0.39, 0.29) is 5.69 Å². The summed E-state index contributed by atoms with van der Waals surface area (Å²) in [5.74, 6) is -0.642. The van der Waals surface area contributed by atoms with E-state index < -0.39 is 11.9 Å². The molecule has 0 radical (unpaired) electrons. The van der Waals surface area contributed by atoms with Gasteiger partial charge in [0.1, 0.15) is 6.07 Å². The highest BCUT2D eigenvalue weighted by atomic mass is 19.1. The number of nitriles is 1. The van der Waals surface area contributed by atoms with Crippen molar-refractivity contribution in [3.05, 3.63) is 83.8 Å². The second-order valence-corrected chi connectivity index (χ2v) is 6.08. The van der Waals surface area contributed by atoms with Crippen LogP contribution in [-0.2, 0) is 6.42 Å². The Hall–Kier alpha value is -3.63. The van der Waals surface area contributed by atoms with Crippen LogP contribution in [0.4, 0.5) is 4.39 Å². The first-order chi connectivity index (χ1) is 13.2. The fraction of sp³-hybridized carbons (Fsp3) is 0.100. The predicted molar refractivity (Wildman–Crippen MR) is 98.4 cm³/mol. The van der Waals surface area contributed by atoms with Gasteiger partial charge in [0.2, 0.25) is 0 Å². The molecule has 1 unspecified atom stereocenters. The first kappa shape index (κ1) is 16.8. The van der Waals surface area contributed by atoms with Crippen molar-refractivity contribution in [1.29, 1.82) is 5.26 Å². The van der Waals surface area contributed by atoms with Crippen LogP contribution in [0.3, 0.4) is 0 Å². The third-order valence-electron chi connectivity index (χ3n) is 4.31. The van der Waals surface area contributed by atoms with Crippen LogP contribution in [0.15, 0.2) is 60.9 Å². The lowest BCUT2D eigenvalue weighted by Crippen LogP contribution is -2.19. The van der Waals surface area contributed by atoms with Crippen molar-refractivity contribution >= 4 is 10.9 Å². The Balaban J connectivity index is 1.72. The molecular weight excluding hydrogens is 343 g/mol. The SMILES string of the molecule is N#Cc1nc(CC(N)c2ncccc2-n2ncc3ccccc32)ccc1F. The molecule has 6 nitrogen and oxygen atoms in total. The topological polar surface area (TPSA) is 93.4 Å². The Labute approximate surface area is 154 Å². The van der Waals surface area contributed by atoms with Crippen molar-refractivity contribution in [2.24, 2.45) is 5.73 Å². The molecule has 0 amide bonds. The van der Waals surface area contributed by atoms with Crippen LogP contribution in [0.1, 0.15) is 23.1 Å². The molecule has 7 heteroatoms. The molecule has 0 fully saturated rings. The van der Waals surface area contributed by atoms with E-state index in [9.17, 15) is 4.39 Å². The van der Waals surface area contributed by atoms with Crippen molar-refractivity contribution < 1.29 is 4.39 Å². The van der Waals surface area contributed by atoms with Gasteiger partial charge in [-0.15, -0.1) is 0 Å². The minimum Gasteiger partial charge on any atom is -0.322 e. The van der Waals surface area contributed by atoms with Gasteiger partial charge in [-0.2, -0.15) is 10.4 Å². The van der Waals surface area contributed by atoms with Gasteiger partial charge in [-0.1, -0.05) is 18.2 Å². The van der Waals surface area contributed by atoms with Crippen molar-refractivity contribution in [3.8, 4) is 11.8 Å². The largest absolute Gasteiger partial charge is 0.322 e. The molecule has 4 rings (SSSR count). The second kappa shape index (κ2) is 6.94. The average Bonchev–Trinajstić information content (AvgIpc) is 3.13. The Morgan fingerprint density at radius 3 is 2.85 bits per heavy atom. The summed E-state index contributed by atoms with van der Waals surface area (Å²) in [5.41, 5.74) is 9.05. The van der Waals surface area contributed by atoms with Crippen molar-refractivity contribution in [1.82, 2.24) is 19.7 Å². The Kier molecular flexibility index (Phi) is 4.32. The first-order valence-corrected chi connectivity index (χ1v) is 8.36. The van der Waals surface area contributed by atoms with Crippen LogP contribution >= 0.6 is 0 Å². The molecule has 3 aromatic heterocycles. The smallest absolute Gasteiger partial charge is 0.176 e. The van der Waals surface area contributed by atoms with E-state index >= 15 is 0 Å². The van der Waals surface area contributed by atoms with Crippen LogP contribution in [0.5, 0.6) is 0 Å². The molecule has 1 atom stereocenters. The first-order valence-electron chi connectivity index (χ1n) is 8.36. The average molecular weight is 358 g/mol. The summed E-state index contributed by atoms with van der Waals surface area (Å²) in [7, 11) is 0. The molecule has 4 aromatic rings. The molecule has 3 heterocycles. The van der Waals surface area contributed by atoms with Gasteiger partial charge in [0.05, 0.1) is 29.1 Å². The van der Waals surface area contributed by atoms with E-state index in [1.807, 2.05) is 36.4 Å². The number of para-hydroxylation sites is 1. The molecule has 1 aromatic carbocycles. The number of hydrogen-bond acceptors (Lipinski definition) is 5. The molecule has 132 valence electrons. The highest BCUT2D eigenvalue weighted by Gasteiger charge is 2.18. The van der Waals surface area contributed by atoms with Crippen LogP contribution < -0.4 is 5.73 Å². The molecule has 0 aliphatic rings. The molecule has 0 aliphatic carbocycles. The Bertz CT molecular complexity index is 1160. The van der Waals surface area contributed by atoms with E-state index in [4.69, 9.17) is 11.0 Å². The summed E-state index contributed by atoms with van der Waals surface area (Å²) in [6, 6.07) is 15.6. The number of halogens is 1. The minimum atomic E-state index is -0.642. The molecule has 0 saturated carbocycles. The number of benzene rings is 1. The number of rotatable bonds is 4. The fourth-order valence-corrected chi connectivity index (χ4v) is 3.03. The third-order valence-corrected chi connectivity index (χ3v) is 4.31. The lowest BCUT2D eigenvalue weighted by atomic mass is 10.1. The van der Waals surface area contributed by atoms with Crippen molar-refractivity contribution in [2.75, 3.05) is 0 Å². The van der Waals surface area contributed by atoms with E-state index in [1.54, 1.807) is 23.1 Å². The van der Waals surface area contributed by atoms with Gasteiger partial charge in [-0.05, 0) is 30.3 Å². The number of nitrogens with zero attached hydrogens (tertiary/aromatic N) is 5. The highest BCUT2D eigenvalue weighted by molar-refractivity contribution is 5.80. The van der Waals surface area contributed by atoms with Crippen LogP contribution in [-0.4, -0.2) is 19.7 Å². The molecule has 2 N–H and O–H groups in total. The van der Waals surface area contributed by atoms with Gasteiger partial charge < -0.3 is 5.73 Å². The summed E-state index contributed by atoms with van der Waals surface area (Å²) in [5, 5.41) is 14.4. The normalized spacial score (nSPS) is 12.0. The van der Waals surface area contributed by atoms with Gasteiger partial charge in [0.25, 0.3) is 0 Å². The zero-order valence-corrected chi connectivity index (χ0v) is 14.2. The Morgan fingerprint density at radius 1 is 1.15 bits per heavy atom. The standard InChI is InChI=1S/C20H15FN6/c21-15-8-7-14(26-17(15)11-22)10-16(23)20-19(6-3-9-24-20)27-18-5-2-1-4-13(18)12-25-27/h1-9,12,16H,10,23H2. The summed E-state index contributed by atoms with van der Waals surface area (Å²) in [6.45, 7) is 0. The molecule has 0 bridgehead atoms. The highest BCUT2D eigenvalue weighted by Crippen LogP contribution is 2.24. The number of fused-ring (bicyclic) bond motifs is 1. The number of nitrogens with two attached hydrogens (primary N) is 1. The Morgan fingerprint density at radius 2 is 2.00 bits per heavy atom. The van der Waals surface area contributed by atoms with Crippen LogP contribution in [0.25, 0.3) is 16.6 Å². The minimum absolute atomic E-state index is 0.237. The van der Waals surface area contributed by atoms with Crippen LogP contribution in [0, 0.1) is 17.1 Å². The molecule has 0 spiro atoms. The van der Waals surface area contributed by atoms with E-state index in [2.05, 4.69) is 15.1 Å². The summed E-state index contributed by atoms with van der Waals surface area (Å²) in [4.78, 5) is 8.48. The third kappa shape index (κ3) is 3.14. The summed E-state index contributed by atoms with van der Waals surface area (Å²) >= 11 is 0. The van der Waals surface area contributed by atoms with Gasteiger partial charge in [-0.25, -0.2) is 14.1 Å². The zero-order valence-electron chi connectivity index (χ0n) is 14.2. The maximum atomic E-state index is 13.5. The van der Waals surface area contributed by atoms with Crippen LogP contribution in [0.2, 0.25) is 0 Å². The van der Waals surface area contributed by atoms with E-state index in [1.165, 1.54) is 12.1 Å². The number of pyridine rings is 2. The van der Waals surface area contributed by atoms with Gasteiger partial charge >= 0.3 is 0 Å². The summed E-state index contributed by atoms with van der Waals surface area (Å²) < 4.78 is 15.3. The predicted octanol–water partition coefficient (Wildman–Crippen LogP) is 3.07. The fourth-order valence-electron chi connectivity index (χ4n) is 3.03. The maximum absolute atomic E-state index is 13.5. The molecular formula is C20H15FN6.